The number of hydrogen-bond acceptors (Lipinski definition) is 5. The number of carbonyl (C=O) groups excluding carboxylic acids is 1. The van der Waals surface area contributed by atoms with Gasteiger partial charge in [-0.15, -0.1) is 0 Å². The molecule has 156 valence electrons. The van der Waals surface area contributed by atoms with Crippen LogP contribution in [0.15, 0.2) is 57.7 Å². The molecule has 1 aromatic heterocycles. The van der Waals surface area contributed by atoms with Crippen molar-refractivity contribution < 1.29 is 17.6 Å². The van der Waals surface area contributed by atoms with Gasteiger partial charge in [-0.05, 0) is 36.6 Å². The van der Waals surface area contributed by atoms with E-state index >= 15 is 0 Å². The van der Waals surface area contributed by atoms with E-state index < -0.39 is 21.8 Å². The number of rotatable bonds is 4. The first kappa shape index (κ1) is 20.6. The third-order valence-corrected chi connectivity index (χ3v) is 7.49. The van der Waals surface area contributed by atoms with E-state index in [9.17, 15) is 18.0 Å². The average molecular weight is 446 g/mol. The molecule has 1 atom stereocenters. The summed E-state index contributed by atoms with van der Waals surface area (Å²) in [5.74, 6) is -0.748. The van der Waals surface area contributed by atoms with Gasteiger partial charge in [0.05, 0.1) is 16.9 Å². The second-order valence-electron chi connectivity index (χ2n) is 7.51. The van der Waals surface area contributed by atoms with Gasteiger partial charge >= 0.3 is 0 Å². The Bertz CT molecular complexity index is 1300. The Morgan fingerprint density at radius 1 is 1.20 bits per heavy atom. The van der Waals surface area contributed by atoms with Gasteiger partial charge in [-0.1, -0.05) is 41.9 Å². The summed E-state index contributed by atoms with van der Waals surface area (Å²) < 4.78 is 29.9. The molecule has 0 bridgehead atoms. The molecular weight excluding hydrogens is 426 g/mol. The van der Waals surface area contributed by atoms with Crippen LogP contribution in [0.1, 0.15) is 28.1 Å². The predicted octanol–water partition coefficient (Wildman–Crippen LogP) is 3.58. The first-order valence-corrected chi connectivity index (χ1v) is 11.7. The summed E-state index contributed by atoms with van der Waals surface area (Å²) in [4.78, 5) is 27.4. The minimum absolute atomic E-state index is 0.0186. The molecule has 3 aromatic rings. The Hall–Kier alpha value is -2.64. The fraction of sp³-hybridized carbons (Fsp3) is 0.273. The van der Waals surface area contributed by atoms with Crippen molar-refractivity contribution in [2.45, 2.75) is 25.9 Å². The molecule has 1 aliphatic heterocycles. The quantitative estimate of drug-likeness (QED) is 0.612. The van der Waals surface area contributed by atoms with E-state index in [4.69, 9.17) is 16.0 Å². The topological polar surface area (TPSA) is 84.7 Å². The fourth-order valence-electron chi connectivity index (χ4n) is 3.76. The van der Waals surface area contributed by atoms with Gasteiger partial charge in [0.25, 0.3) is 5.91 Å². The van der Waals surface area contributed by atoms with E-state index in [0.717, 1.165) is 5.56 Å². The molecule has 4 rings (SSSR count). The largest absolute Gasteiger partial charge is 0.450 e. The van der Waals surface area contributed by atoms with Crippen molar-refractivity contribution in [2.24, 2.45) is 0 Å². The summed E-state index contributed by atoms with van der Waals surface area (Å²) in [6.07, 6.45) is 0.329. The van der Waals surface area contributed by atoms with Gasteiger partial charge in [0.15, 0.2) is 21.0 Å². The van der Waals surface area contributed by atoms with Gasteiger partial charge < -0.3 is 9.32 Å². The summed E-state index contributed by atoms with van der Waals surface area (Å²) in [5.41, 5.74) is 1.46. The normalized spacial score (nSPS) is 17.9. The van der Waals surface area contributed by atoms with Crippen LogP contribution in [0.4, 0.5) is 0 Å². The third kappa shape index (κ3) is 4.00. The van der Waals surface area contributed by atoms with Crippen LogP contribution >= 0.6 is 11.6 Å². The van der Waals surface area contributed by atoms with Gasteiger partial charge in [-0.2, -0.15) is 0 Å². The van der Waals surface area contributed by atoms with Gasteiger partial charge in [0.2, 0.25) is 0 Å². The van der Waals surface area contributed by atoms with Crippen molar-refractivity contribution in [2.75, 3.05) is 11.5 Å². The van der Waals surface area contributed by atoms with Gasteiger partial charge in [0.1, 0.15) is 5.58 Å². The second kappa shape index (κ2) is 7.89. The molecule has 0 N–H and O–H groups in total. The molecule has 2 aromatic carbocycles. The first-order valence-electron chi connectivity index (χ1n) is 9.53. The standard InChI is InChI=1S/C22H20ClNO5S/c1-14-5-4-7-17-19(25)11-20(29-21(14)17)22(26)24(16-9-10-30(27,28)13-16)12-15-6-2-3-8-18(15)23/h2-8,11,16H,9-10,12-13H2,1H3. The molecule has 30 heavy (non-hydrogen) atoms. The number of fused-ring (bicyclic) bond motifs is 1. The molecule has 1 unspecified atom stereocenters. The first-order chi connectivity index (χ1) is 14.2. The van der Waals surface area contributed by atoms with E-state index in [1.54, 1.807) is 49.4 Å². The minimum Gasteiger partial charge on any atom is -0.450 e. The van der Waals surface area contributed by atoms with Gasteiger partial charge in [-0.3, -0.25) is 9.59 Å². The summed E-state index contributed by atoms with van der Waals surface area (Å²) in [7, 11) is -3.23. The van der Waals surface area contributed by atoms with Crippen LogP contribution < -0.4 is 5.43 Å². The van der Waals surface area contributed by atoms with E-state index in [0.29, 0.717) is 28.0 Å². The molecule has 1 fully saturated rings. The molecule has 1 saturated heterocycles. The van der Waals surface area contributed by atoms with Crippen LogP contribution in [-0.4, -0.2) is 36.8 Å². The van der Waals surface area contributed by atoms with Crippen LogP contribution in [0, 0.1) is 6.92 Å². The fourth-order valence-corrected chi connectivity index (χ4v) is 5.69. The number of hydrogen-bond donors (Lipinski definition) is 0. The van der Waals surface area contributed by atoms with Crippen molar-refractivity contribution >= 4 is 38.3 Å². The van der Waals surface area contributed by atoms with Crippen LogP contribution in [0.3, 0.4) is 0 Å². The third-order valence-electron chi connectivity index (χ3n) is 5.37. The number of benzene rings is 2. The predicted molar refractivity (Wildman–Crippen MR) is 116 cm³/mol. The number of amides is 1. The van der Waals surface area contributed by atoms with Crippen molar-refractivity contribution in [1.29, 1.82) is 0 Å². The van der Waals surface area contributed by atoms with Crippen LogP contribution in [0.5, 0.6) is 0 Å². The number of carbonyl (C=O) groups is 1. The molecular formula is C22H20ClNO5S. The molecule has 0 saturated carbocycles. The zero-order chi connectivity index (χ0) is 21.5. The highest BCUT2D eigenvalue weighted by Gasteiger charge is 2.36. The zero-order valence-corrected chi connectivity index (χ0v) is 17.9. The highest BCUT2D eigenvalue weighted by atomic mass is 35.5. The maximum absolute atomic E-state index is 13.4. The van der Waals surface area contributed by atoms with Crippen molar-refractivity contribution in [1.82, 2.24) is 4.90 Å². The molecule has 8 heteroatoms. The molecule has 0 spiro atoms. The molecule has 1 amide bonds. The zero-order valence-electron chi connectivity index (χ0n) is 16.3. The Balaban J connectivity index is 1.78. The van der Waals surface area contributed by atoms with E-state index in [1.807, 2.05) is 0 Å². The number of para-hydroxylation sites is 1. The highest BCUT2D eigenvalue weighted by Crippen LogP contribution is 2.26. The van der Waals surface area contributed by atoms with E-state index in [1.165, 1.54) is 11.0 Å². The van der Waals surface area contributed by atoms with Crippen molar-refractivity contribution in [3.8, 4) is 0 Å². The number of aryl methyl sites for hydroxylation is 1. The molecule has 0 radical (unpaired) electrons. The molecule has 0 aliphatic carbocycles. The van der Waals surface area contributed by atoms with Crippen molar-refractivity contribution in [3.63, 3.8) is 0 Å². The average Bonchev–Trinajstić information content (AvgIpc) is 3.07. The lowest BCUT2D eigenvalue weighted by molar-refractivity contribution is 0.0648. The van der Waals surface area contributed by atoms with E-state index in [-0.39, 0.29) is 29.2 Å². The lowest BCUT2D eigenvalue weighted by atomic mass is 10.1. The molecule has 1 aliphatic rings. The number of nitrogens with zero attached hydrogens (tertiary/aromatic N) is 1. The highest BCUT2D eigenvalue weighted by molar-refractivity contribution is 7.91. The Morgan fingerprint density at radius 3 is 2.67 bits per heavy atom. The van der Waals surface area contributed by atoms with E-state index in [2.05, 4.69) is 0 Å². The number of halogens is 1. The SMILES string of the molecule is Cc1cccc2c(=O)cc(C(=O)N(Cc3ccccc3Cl)C3CCS(=O)(=O)C3)oc12. The van der Waals surface area contributed by atoms with Crippen LogP contribution in [0.25, 0.3) is 11.0 Å². The minimum atomic E-state index is -3.23. The van der Waals surface area contributed by atoms with Crippen molar-refractivity contribution in [3.05, 3.63) is 80.7 Å². The smallest absolute Gasteiger partial charge is 0.290 e. The molecule has 6 nitrogen and oxygen atoms in total. The monoisotopic (exact) mass is 445 g/mol. The maximum Gasteiger partial charge on any atom is 0.290 e. The van der Waals surface area contributed by atoms with Crippen LogP contribution in [-0.2, 0) is 16.4 Å². The summed E-state index contributed by atoms with van der Waals surface area (Å²) in [6.45, 7) is 1.92. The Labute approximate surface area is 179 Å². The summed E-state index contributed by atoms with van der Waals surface area (Å²) in [6, 6.07) is 12.9. The lowest BCUT2D eigenvalue weighted by Gasteiger charge is -2.28. The molecule has 2 heterocycles. The second-order valence-corrected chi connectivity index (χ2v) is 10.1. The van der Waals surface area contributed by atoms with Gasteiger partial charge in [0, 0.05) is 23.7 Å². The lowest BCUT2D eigenvalue weighted by Crippen LogP contribution is -2.41. The summed E-state index contributed by atoms with van der Waals surface area (Å²) >= 11 is 6.28. The Morgan fingerprint density at radius 2 is 1.97 bits per heavy atom. The number of sulfone groups is 1. The maximum atomic E-state index is 13.4. The van der Waals surface area contributed by atoms with Crippen LogP contribution in [0.2, 0.25) is 5.02 Å². The summed E-state index contributed by atoms with van der Waals surface area (Å²) in [5, 5.41) is 0.875. The Kier molecular flexibility index (Phi) is 5.42. The van der Waals surface area contributed by atoms with Gasteiger partial charge in [-0.25, -0.2) is 8.42 Å².